The van der Waals surface area contributed by atoms with E-state index in [1.807, 2.05) is 12.1 Å². The topological polar surface area (TPSA) is 88.2 Å². The molecule has 0 saturated carbocycles. The highest BCUT2D eigenvalue weighted by Gasteiger charge is 2.18. The van der Waals surface area contributed by atoms with Crippen LogP contribution in [0.2, 0.25) is 0 Å². The number of benzene rings is 1. The molecule has 0 aliphatic rings. The van der Waals surface area contributed by atoms with E-state index in [2.05, 4.69) is 5.32 Å². The molecular weight excluding hydrogens is 266 g/mol. The number of ether oxygens (including phenoxy) is 1. The molecule has 0 spiro atoms. The van der Waals surface area contributed by atoms with Crippen LogP contribution in [0.1, 0.15) is 40.2 Å². The Morgan fingerprint density at radius 2 is 1.71 bits per heavy atom. The van der Waals surface area contributed by atoms with E-state index in [9.17, 15) is 4.79 Å². The van der Waals surface area contributed by atoms with Crippen molar-refractivity contribution in [1.29, 1.82) is 5.41 Å². The molecule has 1 aromatic carbocycles. The molecule has 4 N–H and O–H groups in total. The second-order valence-corrected chi connectivity index (χ2v) is 5.87. The average molecular weight is 289 g/mol. The number of rotatable bonds is 3. The summed E-state index contributed by atoms with van der Waals surface area (Å²) in [5.41, 5.74) is 8.16. The summed E-state index contributed by atoms with van der Waals surface area (Å²) in [6, 6.07) is 7.17. The number of allylic oxidation sites excluding steroid dienone is 2. The molecular formula is C16H23N3O2. The summed E-state index contributed by atoms with van der Waals surface area (Å²) in [6.07, 6.45) is -0.533. The minimum atomic E-state index is -0.564. The number of hydrogen-bond donors (Lipinski definition) is 3. The maximum atomic E-state index is 11.8. The van der Waals surface area contributed by atoms with E-state index in [1.165, 1.54) is 0 Å². The molecule has 5 nitrogen and oxygen atoms in total. The molecule has 21 heavy (non-hydrogen) atoms. The number of alkyl carbamates (subject to hydrolysis) is 1. The number of nitrogen functional groups attached to an aromatic ring is 1. The number of amides is 1. The van der Waals surface area contributed by atoms with Crippen molar-refractivity contribution in [3.05, 3.63) is 35.5 Å². The maximum absolute atomic E-state index is 11.8. The van der Waals surface area contributed by atoms with Gasteiger partial charge in [-0.05, 0) is 52.3 Å². The molecule has 1 rings (SSSR count). The molecule has 0 aliphatic heterocycles. The Bertz CT molecular complexity index is 566. The van der Waals surface area contributed by atoms with Crippen LogP contribution < -0.4 is 11.1 Å². The van der Waals surface area contributed by atoms with E-state index >= 15 is 0 Å². The summed E-state index contributed by atoms with van der Waals surface area (Å²) >= 11 is 0. The lowest BCUT2D eigenvalue weighted by molar-refractivity contribution is 0.0546. The van der Waals surface area contributed by atoms with Crippen LogP contribution in [0.5, 0.6) is 0 Å². The molecule has 0 atom stereocenters. The summed E-state index contributed by atoms with van der Waals surface area (Å²) in [7, 11) is 0. The Balaban J connectivity index is 3.05. The number of carbonyl (C=O) groups is 1. The molecule has 0 saturated heterocycles. The van der Waals surface area contributed by atoms with E-state index in [-0.39, 0.29) is 0 Å². The number of anilines is 1. The molecule has 0 fully saturated rings. The number of nitrogens with one attached hydrogen (secondary N) is 2. The van der Waals surface area contributed by atoms with Crippen molar-refractivity contribution in [2.75, 3.05) is 5.73 Å². The van der Waals surface area contributed by atoms with Crippen LogP contribution in [-0.2, 0) is 4.74 Å². The van der Waals surface area contributed by atoms with E-state index in [1.54, 1.807) is 46.8 Å². The first kappa shape index (κ1) is 16.8. The smallest absolute Gasteiger partial charge is 0.411 e. The van der Waals surface area contributed by atoms with Crippen molar-refractivity contribution in [3.8, 4) is 0 Å². The number of carbonyl (C=O) groups excluding carboxylic acids is 1. The maximum Gasteiger partial charge on any atom is 0.411 e. The first-order valence-electron chi connectivity index (χ1n) is 6.72. The van der Waals surface area contributed by atoms with Gasteiger partial charge in [0.25, 0.3) is 0 Å². The first-order valence-corrected chi connectivity index (χ1v) is 6.72. The van der Waals surface area contributed by atoms with Gasteiger partial charge in [0.2, 0.25) is 0 Å². The fraction of sp³-hybridized carbons (Fsp3) is 0.375. The summed E-state index contributed by atoms with van der Waals surface area (Å²) in [5, 5.41) is 10.6. The molecule has 1 aromatic rings. The zero-order chi connectivity index (χ0) is 16.2. The lowest BCUT2D eigenvalue weighted by Gasteiger charge is -2.21. The Morgan fingerprint density at radius 3 is 2.14 bits per heavy atom. The van der Waals surface area contributed by atoms with Crippen LogP contribution in [0.15, 0.2) is 30.0 Å². The van der Waals surface area contributed by atoms with Crippen molar-refractivity contribution in [2.45, 2.75) is 40.2 Å². The van der Waals surface area contributed by atoms with Crippen molar-refractivity contribution in [1.82, 2.24) is 5.32 Å². The molecule has 0 aromatic heterocycles. The van der Waals surface area contributed by atoms with Gasteiger partial charge in [-0.25, -0.2) is 4.79 Å². The Labute approximate surface area is 125 Å². The highest BCUT2D eigenvalue weighted by atomic mass is 16.6. The van der Waals surface area contributed by atoms with Gasteiger partial charge < -0.3 is 15.9 Å². The molecule has 0 heterocycles. The lowest BCUT2D eigenvalue weighted by Crippen LogP contribution is -2.32. The summed E-state index contributed by atoms with van der Waals surface area (Å²) in [4.78, 5) is 11.8. The Kier molecular flexibility index (Phi) is 5.13. The molecule has 0 unspecified atom stereocenters. The number of hydrogen-bond acceptors (Lipinski definition) is 4. The lowest BCUT2D eigenvalue weighted by atomic mass is 10.00. The second-order valence-electron chi connectivity index (χ2n) is 5.87. The van der Waals surface area contributed by atoms with Gasteiger partial charge in [0, 0.05) is 22.7 Å². The van der Waals surface area contributed by atoms with Crippen LogP contribution in [-0.4, -0.2) is 17.4 Å². The van der Waals surface area contributed by atoms with Gasteiger partial charge in [-0.1, -0.05) is 12.1 Å². The molecule has 114 valence electrons. The highest BCUT2D eigenvalue weighted by molar-refractivity contribution is 6.22. The van der Waals surface area contributed by atoms with Crippen molar-refractivity contribution in [2.24, 2.45) is 0 Å². The molecule has 1 amide bonds. The van der Waals surface area contributed by atoms with E-state index < -0.39 is 11.7 Å². The predicted octanol–water partition coefficient (Wildman–Crippen LogP) is 3.56. The first-order chi connectivity index (χ1) is 9.60. The molecule has 0 aliphatic carbocycles. The third kappa shape index (κ3) is 5.30. The van der Waals surface area contributed by atoms with Crippen LogP contribution in [0.3, 0.4) is 0 Å². The third-order valence-corrected chi connectivity index (χ3v) is 2.64. The molecule has 0 bridgehead atoms. The van der Waals surface area contributed by atoms with Crippen molar-refractivity contribution in [3.63, 3.8) is 0 Å². The number of nitrogens with two attached hydrogens (primary N) is 1. The van der Waals surface area contributed by atoms with Gasteiger partial charge in [0.1, 0.15) is 5.60 Å². The van der Waals surface area contributed by atoms with Gasteiger partial charge in [-0.15, -0.1) is 0 Å². The van der Waals surface area contributed by atoms with E-state index in [0.29, 0.717) is 22.7 Å². The second kappa shape index (κ2) is 6.43. The zero-order valence-corrected chi connectivity index (χ0v) is 13.2. The van der Waals surface area contributed by atoms with Crippen LogP contribution in [0.25, 0.3) is 5.57 Å². The summed E-state index contributed by atoms with van der Waals surface area (Å²) in [5.74, 6) is 0. The van der Waals surface area contributed by atoms with Crippen LogP contribution in [0, 0.1) is 5.41 Å². The van der Waals surface area contributed by atoms with Gasteiger partial charge in [0.05, 0.1) is 0 Å². The quantitative estimate of drug-likeness (QED) is 0.587. The van der Waals surface area contributed by atoms with Gasteiger partial charge in [0.15, 0.2) is 0 Å². The monoisotopic (exact) mass is 289 g/mol. The minimum absolute atomic E-state index is 0.355. The van der Waals surface area contributed by atoms with Crippen molar-refractivity contribution < 1.29 is 9.53 Å². The largest absolute Gasteiger partial charge is 0.444 e. The van der Waals surface area contributed by atoms with E-state index in [0.717, 1.165) is 5.56 Å². The summed E-state index contributed by atoms with van der Waals surface area (Å²) < 4.78 is 5.22. The SMILES string of the molecule is CC(=N)/C(=C(/C)NC(=O)OC(C)(C)C)c1ccc(N)cc1. The molecule has 5 heteroatoms. The van der Waals surface area contributed by atoms with Crippen molar-refractivity contribution >= 4 is 23.1 Å². The highest BCUT2D eigenvalue weighted by Crippen LogP contribution is 2.20. The molecule has 0 radical (unpaired) electrons. The zero-order valence-electron chi connectivity index (χ0n) is 13.2. The standard InChI is InChI=1S/C16H23N3O2/c1-10(17)14(12-6-8-13(18)9-7-12)11(2)19-15(20)21-16(3,4)5/h6-9,17H,18H2,1-5H3,(H,19,20)/b14-11+,17-10?. The Morgan fingerprint density at radius 1 is 1.19 bits per heavy atom. The van der Waals surface area contributed by atoms with Crippen LogP contribution >= 0.6 is 0 Å². The average Bonchev–Trinajstić information content (AvgIpc) is 2.28. The predicted molar refractivity (Wildman–Crippen MR) is 86.2 cm³/mol. The fourth-order valence-corrected chi connectivity index (χ4v) is 1.88. The van der Waals surface area contributed by atoms with Gasteiger partial charge in [-0.3, -0.25) is 5.32 Å². The summed E-state index contributed by atoms with van der Waals surface area (Å²) in [6.45, 7) is 8.82. The van der Waals surface area contributed by atoms with Gasteiger partial charge in [-0.2, -0.15) is 0 Å². The minimum Gasteiger partial charge on any atom is -0.444 e. The third-order valence-electron chi connectivity index (χ3n) is 2.64. The van der Waals surface area contributed by atoms with Crippen LogP contribution in [0.4, 0.5) is 10.5 Å². The van der Waals surface area contributed by atoms with Gasteiger partial charge >= 0.3 is 6.09 Å². The fourth-order valence-electron chi connectivity index (χ4n) is 1.88. The van der Waals surface area contributed by atoms with E-state index in [4.69, 9.17) is 15.9 Å². The normalized spacial score (nSPS) is 12.4. The Hall–Kier alpha value is -2.30.